The summed E-state index contributed by atoms with van der Waals surface area (Å²) in [7, 11) is 0. The van der Waals surface area contributed by atoms with Crippen molar-refractivity contribution in [1.82, 2.24) is 0 Å². The summed E-state index contributed by atoms with van der Waals surface area (Å²) in [6.07, 6.45) is 4.50. The number of aryl methyl sites for hydroxylation is 1. The fraction of sp³-hybridized carbons (Fsp3) is 0.429. The van der Waals surface area contributed by atoms with Gasteiger partial charge in [-0.05, 0) is 41.7 Å². The minimum atomic E-state index is 0.334. The molecule has 0 saturated carbocycles. The Bertz CT molecular complexity index is 447. The molecule has 0 aliphatic rings. The summed E-state index contributed by atoms with van der Waals surface area (Å²) >= 11 is 8.10. The van der Waals surface area contributed by atoms with E-state index in [0.717, 1.165) is 19.3 Å². The van der Waals surface area contributed by atoms with E-state index in [1.807, 2.05) is 11.3 Å². The Labute approximate surface area is 106 Å². The fourth-order valence-electron chi connectivity index (χ4n) is 2.02. The average Bonchev–Trinajstić information content (AvgIpc) is 2.75. The predicted molar refractivity (Wildman–Crippen MR) is 74.7 cm³/mol. The van der Waals surface area contributed by atoms with Gasteiger partial charge in [0.2, 0.25) is 0 Å². The van der Waals surface area contributed by atoms with Crippen LogP contribution >= 0.6 is 22.9 Å². The number of alkyl halides is 1. The molecule has 0 N–H and O–H groups in total. The molecule has 86 valence electrons. The Balaban J connectivity index is 2.06. The van der Waals surface area contributed by atoms with Gasteiger partial charge in [-0.1, -0.05) is 31.5 Å². The van der Waals surface area contributed by atoms with Crippen LogP contribution < -0.4 is 0 Å². The van der Waals surface area contributed by atoms with Crippen LogP contribution in [-0.4, -0.2) is 5.38 Å². The van der Waals surface area contributed by atoms with Crippen LogP contribution in [0.15, 0.2) is 29.6 Å². The summed E-state index contributed by atoms with van der Waals surface area (Å²) < 4.78 is 1.43. The molecule has 2 heteroatoms. The highest BCUT2D eigenvalue weighted by atomic mass is 35.5. The van der Waals surface area contributed by atoms with Crippen molar-refractivity contribution < 1.29 is 0 Å². The van der Waals surface area contributed by atoms with E-state index >= 15 is 0 Å². The van der Waals surface area contributed by atoms with Crippen molar-refractivity contribution >= 4 is 33.0 Å². The first kappa shape index (κ1) is 11.9. The summed E-state index contributed by atoms with van der Waals surface area (Å²) in [6, 6.07) is 8.75. The molecule has 0 spiro atoms. The van der Waals surface area contributed by atoms with Crippen molar-refractivity contribution in [2.24, 2.45) is 0 Å². The lowest BCUT2D eigenvalue weighted by atomic mass is 10.0. The van der Waals surface area contributed by atoms with Crippen molar-refractivity contribution in [3.05, 3.63) is 35.2 Å². The molecule has 0 bridgehead atoms. The molecular formula is C14H17ClS. The summed E-state index contributed by atoms with van der Waals surface area (Å²) in [5.41, 5.74) is 1.45. The minimum Gasteiger partial charge on any atom is -0.144 e. The van der Waals surface area contributed by atoms with Gasteiger partial charge >= 0.3 is 0 Å². The van der Waals surface area contributed by atoms with Gasteiger partial charge in [0, 0.05) is 10.1 Å². The maximum absolute atomic E-state index is 6.26. The predicted octanol–water partition coefficient (Wildman–Crippen LogP) is 5.24. The van der Waals surface area contributed by atoms with E-state index in [2.05, 4.69) is 36.6 Å². The first-order valence-corrected chi connectivity index (χ1v) is 7.22. The molecule has 1 unspecified atom stereocenters. The zero-order chi connectivity index (χ0) is 11.4. The van der Waals surface area contributed by atoms with Gasteiger partial charge in [-0.2, -0.15) is 0 Å². The number of rotatable bonds is 5. The van der Waals surface area contributed by atoms with Crippen LogP contribution in [0, 0.1) is 0 Å². The van der Waals surface area contributed by atoms with Crippen molar-refractivity contribution in [3.8, 4) is 0 Å². The second-order valence-electron chi connectivity index (χ2n) is 4.18. The smallest absolute Gasteiger partial charge is 0.0374 e. The molecule has 1 heterocycles. The van der Waals surface area contributed by atoms with Crippen molar-refractivity contribution in [3.63, 3.8) is 0 Å². The Morgan fingerprint density at radius 2 is 2.12 bits per heavy atom. The van der Waals surface area contributed by atoms with E-state index in [1.165, 1.54) is 22.1 Å². The monoisotopic (exact) mass is 252 g/mol. The van der Waals surface area contributed by atoms with Crippen LogP contribution in [0.1, 0.15) is 31.7 Å². The van der Waals surface area contributed by atoms with E-state index < -0.39 is 0 Å². The summed E-state index contributed by atoms with van der Waals surface area (Å²) in [5, 5.41) is 3.86. The van der Waals surface area contributed by atoms with Gasteiger partial charge < -0.3 is 0 Å². The van der Waals surface area contributed by atoms with Crippen LogP contribution in [0.2, 0.25) is 0 Å². The number of fused-ring (bicyclic) bond motifs is 1. The summed E-state index contributed by atoms with van der Waals surface area (Å²) in [5.74, 6) is 0. The molecule has 1 atom stereocenters. The average molecular weight is 253 g/mol. The highest BCUT2D eigenvalue weighted by Crippen LogP contribution is 2.26. The normalized spacial score (nSPS) is 13.1. The molecule has 1 aromatic carbocycles. The molecule has 0 amide bonds. The highest BCUT2D eigenvalue weighted by molar-refractivity contribution is 7.17. The van der Waals surface area contributed by atoms with Crippen molar-refractivity contribution in [2.45, 2.75) is 38.0 Å². The third-order valence-corrected chi connectivity index (χ3v) is 4.33. The van der Waals surface area contributed by atoms with Crippen LogP contribution in [0.25, 0.3) is 10.1 Å². The summed E-state index contributed by atoms with van der Waals surface area (Å²) in [6.45, 7) is 2.19. The molecule has 0 saturated heterocycles. The third kappa shape index (κ3) is 2.78. The van der Waals surface area contributed by atoms with Gasteiger partial charge in [-0.25, -0.2) is 0 Å². The summed E-state index contributed by atoms with van der Waals surface area (Å²) in [4.78, 5) is 0. The Morgan fingerprint density at radius 1 is 1.25 bits per heavy atom. The zero-order valence-corrected chi connectivity index (χ0v) is 11.2. The molecule has 2 rings (SSSR count). The van der Waals surface area contributed by atoms with Gasteiger partial charge in [0.15, 0.2) is 0 Å². The quantitative estimate of drug-likeness (QED) is 0.639. The Hall–Kier alpha value is -0.530. The topological polar surface area (TPSA) is 0 Å². The van der Waals surface area contributed by atoms with Gasteiger partial charge in [0.05, 0.1) is 0 Å². The van der Waals surface area contributed by atoms with Gasteiger partial charge in [0.25, 0.3) is 0 Å². The number of halogens is 1. The SMILES string of the molecule is CCCC(Cl)CCc1cccc2ccsc12. The minimum absolute atomic E-state index is 0.334. The zero-order valence-electron chi connectivity index (χ0n) is 9.58. The maximum Gasteiger partial charge on any atom is 0.0374 e. The highest BCUT2D eigenvalue weighted by Gasteiger charge is 2.06. The van der Waals surface area contributed by atoms with Gasteiger partial charge in [-0.15, -0.1) is 22.9 Å². The first-order chi connectivity index (χ1) is 7.81. The van der Waals surface area contributed by atoms with Gasteiger partial charge in [0.1, 0.15) is 0 Å². The van der Waals surface area contributed by atoms with E-state index in [4.69, 9.17) is 11.6 Å². The number of thiophene rings is 1. The molecule has 0 aliphatic heterocycles. The maximum atomic E-state index is 6.26. The lowest BCUT2D eigenvalue weighted by Crippen LogP contribution is -2.00. The number of benzene rings is 1. The van der Waals surface area contributed by atoms with Crippen LogP contribution in [0.5, 0.6) is 0 Å². The van der Waals surface area contributed by atoms with Crippen molar-refractivity contribution in [2.75, 3.05) is 0 Å². The molecule has 1 aromatic heterocycles. The van der Waals surface area contributed by atoms with Crippen LogP contribution in [0.4, 0.5) is 0 Å². The molecule has 2 aromatic rings. The first-order valence-electron chi connectivity index (χ1n) is 5.90. The fourth-order valence-corrected chi connectivity index (χ4v) is 3.29. The molecule has 0 radical (unpaired) electrons. The van der Waals surface area contributed by atoms with E-state index in [9.17, 15) is 0 Å². The molecule has 0 aliphatic carbocycles. The third-order valence-electron chi connectivity index (χ3n) is 2.89. The lowest BCUT2D eigenvalue weighted by molar-refractivity contribution is 0.677. The number of hydrogen-bond acceptors (Lipinski definition) is 1. The van der Waals surface area contributed by atoms with E-state index in [1.54, 1.807) is 0 Å². The molecule has 16 heavy (non-hydrogen) atoms. The standard InChI is InChI=1S/C14H17ClS/c1-2-4-13(15)8-7-11-5-3-6-12-9-10-16-14(11)12/h3,5-6,9-10,13H,2,4,7-8H2,1H3. The number of hydrogen-bond donors (Lipinski definition) is 0. The van der Waals surface area contributed by atoms with Crippen molar-refractivity contribution in [1.29, 1.82) is 0 Å². The molecular weight excluding hydrogens is 236 g/mol. The largest absolute Gasteiger partial charge is 0.144 e. The second kappa shape index (κ2) is 5.70. The van der Waals surface area contributed by atoms with E-state index in [-0.39, 0.29) is 0 Å². The second-order valence-corrected chi connectivity index (χ2v) is 5.71. The van der Waals surface area contributed by atoms with Crippen LogP contribution in [0.3, 0.4) is 0 Å². The van der Waals surface area contributed by atoms with Gasteiger partial charge in [-0.3, -0.25) is 0 Å². The Kier molecular flexibility index (Phi) is 4.25. The molecule has 0 fully saturated rings. The van der Waals surface area contributed by atoms with E-state index in [0.29, 0.717) is 5.38 Å². The lowest BCUT2D eigenvalue weighted by Gasteiger charge is -2.08. The Morgan fingerprint density at radius 3 is 2.94 bits per heavy atom. The van der Waals surface area contributed by atoms with Crippen LogP contribution in [-0.2, 0) is 6.42 Å². The molecule has 0 nitrogen and oxygen atoms in total.